The Morgan fingerprint density at radius 3 is 2.84 bits per heavy atom. The summed E-state index contributed by atoms with van der Waals surface area (Å²) in [6.45, 7) is 1.70. The van der Waals surface area contributed by atoms with E-state index in [9.17, 15) is 0 Å². The number of nitrogens with zero attached hydrogens (tertiary/aromatic N) is 2. The van der Waals surface area contributed by atoms with Gasteiger partial charge in [-0.3, -0.25) is 4.98 Å². The minimum absolute atomic E-state index is 0.719. The highest BCUT2D eigenvalue weighted by molar-refractivity contribution is 5.79. The van der Waals surface area contributed by atoms with Crippen molar-refractivity contribution >= 4 is 10.9 Å². The van der Waals surface area contributed by atoms with Crippen molar-refractivity contribution < 1.29 is 4.74 Å². The summed E-state index contributed by atoms with van der Waals surface area (Å²) in [6, 6.07) is 14.1. The molecule has 0 aliphatic rings. The van der Waals surface area contributed by atoms with Gasteiger partial charge in [0.25, 0.3) is 0 Å². The summed E-state index contributed by atoms with van der Waals surface area (Å²) in [5, 5.41) is 1.14. The lowest BCUT2D eigenvalue weighted by Crippen LogP contribution is -2.02. The molecule has 0 atom stereocenters. The number of ether oxygens (including phenoxy) is 1. The Labute approximate surface area is 112 Å². The van der Waals surface area contributed by atoms with Crippen molar-refractivity contribution in [1.29, 1.82) is 0 Å². The van der Waals surface area contributed by atoms with Gasteiger partial charge in [-0.2, -0.15) is 0 Å². The van der Waals surface area contributed by atoms with Gasteiger partial charge >= 0.3 is 0 Å². The van der Waals surface area contributed by atoms with Crippen LogP contribution in [0.1, 0.15) is 6.42 Å². The zero-order chi connectivity index (χ0) is 12.9. The molecule has 0 bridgehead atoms. The molecule has 0 aliphatic carbocycles. The highest BCUT2D eigenvalue weighted by atomic mass is 16.5. The summed E-state index contributed by atoms with van der Waals surface area (Å²) in [5.74, 6) is 0.888. The maximum absolute atomic E-state index is 5.76. The fourth-order valence-electron chi connectivity index (χ4n) is 2.09. The van der Waals surface area contributed by atoms with E-state index in [0.717, 1.165) is 36.2 Å². The molecule has 0 spiro atoms. The first-order chi connectivity index (χ1) is 9.42. The van der Waals surface area contributed by atoms with Crippen LogP contribution in [0.25, 0.3) is 10.9 Å². The summed E-state index contributed by atoms with van der Waals surface area (Å²) in [4.78, 5) is 4.33. The van der Waals surface area contributed by atoms with Crippen LogP contribution in [-0.4, -0.2) is 16.2 Å². The number of benzene rings is 1. The lowest BCUT2D eigenvalue weighted by Gasteiger charge is -2.07. The summed E-state index contributed by atoms with van der Waals surface area (Å²) < 4.78 is 7.92. The Kier molecular flexibility index (Phi) is 3.45. The molecule has 0 unspecified atom stereocenters. The Balaban J connectivity index is 1.56. The molecule has 3 nitrogen and oxygen atoms in total. The number of aryl methyl sites for hydroxylation is 1. The monoisotopic (exact) mass is 252 g/mol. The van der Waals surface area contributed by atoms with Gasteiger partial charge in [0.05, 0.1) is 12.1 Å². The van der Waals surface area contributed by atoms with Crippen LogP contribution in [-0.2, 0) is 6.54 Å². The van der Waals surface area contributed by atoms with Crippen LogP contribution < -0.4 is 4.74 Å². The van der Waals surface area contributed by atoms with Crippen molar-refractivity contribution in [2.75, 3.05) is 6.61 Å². The third-order valence-corrected chi connectivity index (χ3v) is 3.07. The van der Waals surface area contributed by atoms with E-state index in [1.54, 1.807) is 6.20 Å². The van der Waals surface area contributed by atoms with E-state index in [4.69, 9.17) is 4.74 Å². The molecular formula is C16H16N2O. The van der Waals surface area contributed by atoms with Crippen LogP contribution in [0.2, 0.25) is 0 Å². The Bertz CT molecular complexity index is 647. The fourth-order valence-corrected chi connectivity index (χ4v) is 2.09. The van der Waals surface area contributed by atoms with E-state index < -0.39 is 0 Å². The maximum atomic E-state index is 5.76. The third-order valence-electron chi connectivity index (χ3n) is 3.07. The van der Waals surface area contributed by atoms with Gasteiger partial charge in [-0.15, -0.1) is 0 Å². The Morgan fingerprint density at radius 1 is 1.05 bits per heavy atom. The van der Waals surface area contributed by atoms with Crippen molar-refractivity contribution in [2.24, 2.45) is 0 Å². The first-order valence-corrected chi connectivity index (χ1v) is 6.50. The van der Waals surface area contributed by atoms with Crippen LogP contribution in [0.3, 0.4) is 0 Å². The first-order valence-electron chi connectivity index (χ1n) is 6.50. The Morgan fingerprint density at radius 2 is 1.95 bits per heavy atom. The van der Waals surface area contributed by atoms with Crippen molar-refractivity contribution in [3.8, 4) is 5.75 Å². The molecule has 0 saturated heterocycles. The quantitative estimate of drug-likeness (QED) is 0.650. The predicted molar refractivity (Wildman–Crippen MR) is 76.3 cm³/mol. The zero-order valence-electron chi connectivity index (χ0n) is 10.7. The average molecular weight is 252 g/mol. The van der Waals surface area contributed by atoms with Gasteiger partial charge in [0.2, 0.25) is 0 Å². The molecule has 0 N–H and O–H groups in total. The van der Waals surface area contributed by atoms with E-state index >= 15 is 0 Å². The van der Waals surface area contributed by atoms with Gasteiger partial charge in [0, 0.05) is 36.6 Å². The number of hydrogen-bond donors (Lipinski definition) is 0. The molecule has 0 aliphatic heterocycles. The van der Waals surface area contributed by atoms with E-state index in [-0.39, 0.29) is 0 Å². The van der Waals surface area contributed by atoms with Gasteiger partial charge in [0.15, 0.2) is 0 Å². The average Bonchev–Trinajstić information content (AvgIpc) is 2.97. The summed E-state index contributed by atoms with van der Waals surface area (Å²) in [6.07, 6.45) is 6.94. The summed E-state index contributed by atoms with van der Waals surface area (Å²) in [7, 11) is 0. The molecule has 3 rings (SSSR count). The number of hydrogen-bond acceptors (Lipinski definition) is 2. The molecule has 19 heavy (non-hydrogen) atoms. The van der Waals surface area contributed by atoms with Crippen LogP contribution in [0, 0.1) is 0 Å². The van der Waals surface area contributed by atoms with E-state index in [2.05, 4.69) is 28.0 Å². The molecule has 1 aromatic carbocycles. The van der Waals surface area contributed by atoms with Crippen molar-refractivity contribution in [3.63, 3.8) is 0 Å². The molecular weight excluding hydrogens is 236 g/mol. The normalized spacial score (nSPS) is 10.7. The smallest absolute Gasteiger partial charge is 0.121 e. The number of pyridine rings is 1. The standard InChI is InChI=1S/C16H16N2O/c1-2-10-18(9-1)11-4-12-19-15-7-6-14-5-3-8-17-16(14)13-15/h1-3,5-10,13H,4,11-12H2. The molecule has 3 heteroatoms. The van der Waals surface area contributed by atoms with Crippen molar-refractivity contribution in [3.05, 3.63) is 61.1 Å². The second-order valence-corrected chi connectivity index (χ2v) is 4.48. The molecule has 0 saturated carbocycles. The van der Waals surface area contributed by atoms with Crippen LogP contribution in [0.15, 0.2) is 61.1 Å². The topological polar surface area (TPSA) is 27.1 Å². The third kappa shape index (κ3) is 2.94. The van der Waals surface area contributed by atoms with Crippen LogP contribution >= 0.6 is 0 Å². The van der Waals surface area contributed by atoms with Gasteiger partial charge in [0.1, 0.15) is 5.75 Å². The lowest BCUT2D eigenvalue weighted by molar-refractivity contribution is 0.302. The van der Waals surface area contributed by atoms with Gasteiger partial charge in [-0.05, 0) is 36.8 Å². The van der Waals surface area contributed by atoms with Crippen LogP contribution in [0.5, 0.6) is 5.75 Å². The summed E-state index contributed by atoms with van der Waals surface area (Å²) >= 11 is 0. The van der Waals surface area contributed by atoms with E-state index in [0.29, 0.717) is 0 Å². The van der Waals surface area contributed by atoms with Crippen LogP contribution in [0.4, 0.5) is 0 Å². The van der Waals surface area contributed by atoms with E-state index in [1.165, 1.54) is 0 Å². The molecule has 0 fully saturated rings. The van der Waals surface area contributed by atoms with E-state index in [1.807, 2.05) is 36.4 Å². The molecule has 2 aromatic heterocycles. The first kappa shape index (κ1) is 11.8. The fraction of sp³-hybridized carbons (Fsp3) is 0.188. The summed E-state index contributed by atoms with van der Waals surface area (Å²) in [5.41, 5.74) is 0.977. The number of aromatic nitrogens is 2. The van der Waals surface area contributed by atoms with Gasteiger partial charge in [-0.1, -0.05) is 6.07 Å². The minimum atomic E-state index is 0.719. The maximum Gasteiger partial charge on any atom is 0.121 e. The highest BCUT2D eigenvalue weighted by Gasteiger charge is 1.98. The SMILES string of the molecule is c1cnc2cc(OCCCn3cccc3)ccc2c1. The zero-order valence-corrected chi connectivity index (χ0v) is 10.7. The second kappa shape index (κ2) is 5.57. The second-order valence-electron chi connectivity index (χ2n) is 4.48. The molecule has 2 heterocycles. The largest absolute Gasteiger partial charge is 0.493 e. The molecule has 0 radical (unpaired) electrons. The van der Waals surface area contributed by atoms with Crippen molar-refractivity contribution in [2.45, 2.75) is 13.0 Å². The minimum Gasteiger partial charge on any atom is -0.493 e. The van der Waals surface area contributed by atoms with Gasteiger partial charge < -0.3 is 9.30 Å². The Hall–Kier alpha value is -2.29. The van der Waals surface area contributed by atoms with Gasteiger partial charge in [-0.25, -0.2) is 0 Å². The highest BCUT2D eigenvalue weighted by Crippen LogP contribution is 2.18. The lowest BCUT2D eigenvalue weighted by atomic mass is 10.2. The molecule has 96 valence electrons. The number of fused-ring (bicyclic) bond motifs is 1. The molecule has 0 amide bonds. The predicted octanol–water partition coefficient (Wildman–Crippen LogP) is 3.51. The molecule has 3 aromatic rings. The number of rotatable bonds is 5. The van der Waals surface area contributed by atoms with Crippen molar-refractivity contribution in [1.82, 2.24) is 9.55 Å².